The molecule has 1 aromatic carbocycles. The Morgan fingerprint density at radius 2 is 1.88 bits per heavy atom. The van der Waals surface area contributed by atoms with Crippen LogP contribution in [0.4, 0.5) is 5.69 Å². The van der Waals surface area contributed by atoms with Gasteiger partial charge in [0.2, 0.25) is 15.9 Å². The van der Waals surface area contributed by atoms with Gasteiger partial charge in [-0.25, -0.2) is 12.7 Å². The van der Waals surface area contributed by atoms with Crippen LogP contribution in [-0.4, -0.2) is 37.3 Å². The molecule has 0 aliphatic heterocycles. The summed E-state index contributed by atoms with van der Waals surface area (Å²) in [6.45, 7) is -0.295. The molecule has 0 spiro atoms. The second kappa shape index (κ2) is 7.29. The van der Waals surface area contributed by atoms with Crippen LogP contribution in [0.3, 0.4) is 0 Å². The molecule has 1 amide bonds. The third kappa shape index (κ3) is 4.11. The van der Waals surface area contributed by atoms with Crippen molar-refractivity contribution >= 4 is 37.5 Å². The van der Waals surface area contributed by atoms with Gasteiger partial charge in [-0.1, -0.05) is 12.1 Å². The topological polar surface area (TPSA) is 88.5 Å². The summed E-state index contributed by atoms with van der Waals surface area (Å²) in [5, 5.41) is 2.66. The van der Waals surface area contributed by atoms with Gasteiger partial charge in [0.15, 0.2) is 0 Å². The number of nitrogens with one attached hydrogen (secondary N) is 1. The first-order chi connectivity index (χ1) is 11.2. The van der Waals surface area contributed by atoms with Crippen molar-refractivity contribution < 1.29 is 13.2 Å². The monoisotopic (exact) mass is 413 g/mol. The molecule has 0 aliphatic rings. The summed E-state index contributed by atoms with van der Waals surface area (Å²) in [6.07, 6.45) is 1.16. The van der Waals surface area contributed by atoms with Crippen LogP contribution in [0.2, 0.25) is 0 Å². The predicted molar refractivity (Wildman–Crippen MR) is 94.3 cm³/mol. The molecule has 1 N–H and O–H groups in total. The van der Waals surface area contributed by atoms with Crippen LogP contribution in [0.15, 0.2) is 56.8 Å². The number of anilines is 1. The number of benzene rings is 1. The Morgan fingerprint density at radius 1 is 1.21 bits per heavy atom. The average molecular weight is 414 g/mol. The summed E-state index contributed by atoms with van der Waals surface area (Å²) in [4.78, 5) is 24.0. The number of para-hydroxylation sites is 1. The number of hydrogen-bond acceptors (Lipinski definition) is 4. The fraction of sp³-hybridized carbons (Fsp3) is 0.200. The minimum atomic E-state index is -3.68. The van der Waals surface area contributed by atoms with E-state index in [0.717, 1.165) is 21.1 Å². The van der Waals surface area contributed by atoms with Crippen molar-refractivity contribution in [2.45, 2.75) is 11.4 Å². The number of carbonyl (C=O) groups is 1. The zero-order valence-corrected chi connectivity index (χ0v) is 15.5. The highest BCUT2D eigenvalue weighted by Crippen LogP contribution is 2.21. The van der Waals surface area contributed by atoms with Gasteiger partial charge in [-0.15, -0.1) is 0 Å². The second-order valence-electron chi connectivity index (χ2n) is 5.15. The fourth-order valence-corrected chi connectivity index (χ4v) is 3.21. The van der Waals surface area contributed by atoms with E-state index in [1.54, 1.807) is 24.3 Å². The summed E-state index contributed by atoms with van der Waals surface area (Å²) >= 11 is 3.31. The number of hydrogen-bond donors (Lipinski definition) is 1. The van der Waals surface area contributed by atoms with Crippen LogP contribution < -0.4 is 10.9 Å². The molecule has 24 heavy (non-hydrogen) atoms. The second-order valence-corrected chi connectivity index (χ2v) is 8.15. The summed E-state index contributed by atoms with van der Waals surface area (Å²) in [5.74, 6) is -0.441. The Hall–Kier alpha value is -1.97. The van der Waals surface area contributed by atoms with Crippen molar-refractivity contribution in [1.29, 1.82) is 0 Å². The molecule has 0 unspecified atom stereocenters. The van der Waals surface area contributed by atoms with Crippen LogP contribution in [0.25, 0.3) is 0 Å². The summed E-state index contributed by atoms with van der Waals surface area (Å²) < 4.78 is 27.0. The number of amides is 1. The van der Waals surface area contributed by atoms with Gasteiger partial charge >= 0.3 is 0 Å². The number of pyridine rings is 1. The highest BCUT2D eigenvalue weighted by molar-refractivity contribution is 9.10. The third-order valence-corrected chi connectivity index (χ3v) is 5.69. The Labute approximate surface area is 148 Å². The first-order valence-electron chi connectivity index (χ1n) is 6.89. The maximum atomic E-state index is 12.1. The van der Waals surface area contributed by atoms with E-state index in [1.165, 1.54) is 20.2 Å². The van der Waals surface area contributed by atoms with E-state index in [1.807, 2.05) is 0 Å². The van der Waals surface area contributed by atoms with Gasteiger partial charge in [-0.3, -0.25) is 9.59 Å². The zero-order valence-electron chi connectivity index (χ0n) is 13.1. The van der Waals surface area contributed by atoms with E-state index < -0.39 is 21.5 Å². The first kappa shape index (κ1) is 18.4. The minimum Gasteiger partial charge on any atom is -0.324 e. The van der Waals surface area contributed by atoms with Gasteiger partial charge in [0.05, 0.1) is 10.6 Å². The lowest BCUT2D eigenvalue weighted by Gasteiger charge is -2.13. The van der Waals surface area contributed by atoms with Gasteiger partial charge in [-0.05, 0) is 34.1 Å². The predicted octanol–water partition coefficient (Wildman–Crippen LogP) is 1.50. The zero-order chi connectivity index (χ0) is 17.9. The maximum Gasteiger partial charge on any atom is 0.251 e. The average Bonchev–Trinajstić information content (AvgIpc) is 2.51. The van der Waals surface area contributed by atoms with Crippen molar-refractivity contribution in [2.24, 2.45) is 0 Å². The van der Waals surface area contributed by atoms with Crippen LogP contribution in [-0.2, 0) is 21.4 Å². The Balaban J connectivity index is 2.25. The molecule has 0 atom stereocenters. The van der Waals surface area contributed by atoms with E-state index >= 15 is 0 Å². The molecule has 0 saturated heterocycles. The van der Waals surface area contributed by atoms with Gasteiger partial charge in [0.1, 0.15) is 6.54 Å². The molecule has 0 radical (unpaired) electrons. The lowest BCUT2D eigenvalue weighted by atomic mass is 10.3. The molecule has 2 aromatic rings. The highest BCUT2D eigenvalue weighted by Gasteiger charge is 2.18. The normalized spacial score (nSPS) is 11.5. The SMILES string of the molecule is CN(C)S(=O)(=O)c1ccc(=O)n(CC(=O)Nc2ccccc2Br)c1. The number of sulfonamides is 1. The van der Waals surface area contributed by atoms with Crippen molar-refractivity contribution in [2.75, 3.05) is 19.4 Å². The Morgan fingerprint density at radius 3 is 2.50 bits per heavy atom. The van der Waals surface area contributed by atoms with Crippen LogP contribution >= 0.6 is 15.9 Å². The Bertz CT molecular complexity index is 922. The number of halogens is 1. The molecule has 2 rings (SSSR count). The van der Waals surface area contributed by atoms with Crippen LogP contribution in [0.5, 0.6) is 0 Å². The summed E-state index contributed by atoms with van der Waals surface area (Å²) in [7, 11) is -0.897. The molecular weight excluding hydrogens is 398 g/mol. The largest absolute Gasteiger partial charge is 0.324 e. The van der Waals surface area contributed by atoms with Gasteiger partial charge in [0.25, 0.3) is 5.56 Å². The number of aromatic nitrogens is 1. The maximum absolute atomic E-state index is 12.1. The number of rotatable bonds is 5. The van der Waals surface area contributed by atoms with E-state index in [9.17, 15) is 18.0 Å². The third-order valence-electron chi connectivity index (χ3n) is 3.20. The molecule has 0 aliphatic carbocycles. The molecule has 128 valence electrons. The Kier molecular flexibility index (Phi) is 5.58. The lowest BCUT2D eigenvalue weighted by Crippen LogP contribution is -2.29. The summed E-state index contributed by atoms with van der Waals surface area (Å²) in [6, 6.07) is 9.39. The highest BCUT2D eigenvalue weighted by atomic mass is 79.9. The fourth-order valence-electron chi connectivity index (χ4n) is 1.90. The van der Waals surface area contributed by atoms with Gasteiger partial charge in [0, 0.05) is 30.8 Å². The van der Waals surface area contributed by atoms with Crippen molar-refractivity contribution in [1.82, 2.24) is 8.87 Å². The van der Waals surface area contributed by atoms with Crippen molar-refractivity contribution in [3.05, 3.63) is 57.4 Å². The van der Waals surface area contributed by atoms with Gasteiger partial charge < -0.3 is 9.88 Å². The quantitative estimate of drug-likeness (QED) is 0.803. The molecular formula is C15H16BrN3O4S. The van der Waals surface area contributed by atoms with Crippen molar-refractivity contribution in [3.8, 4) is 0 Å². The van der Waals surface area contributed by atoms with Crippen LogP contribution in [0.1, 0.15) is 0 Å². The van der Waals surface area contributed by atoms with E-state index in [4.69, 9.17) is 0 Å². The van der Waals surface area contributed by atoms with Crippen molar-refractivity contribution in [3.63, 3.8) is 0 Å². The standard InChI is InChI=1S/C15H16BrN3O4S/c1-18(2)24(22,23)11-7-8-15(21)19(9-11)10-14(20)17-13-6-4-3-5-12(13)16/h3-9H,10H2,1-2H3,(H,17,20). The molecule has 9 heteroatoms. The molecule has 1 aromatic heterocycles. The van der Waals surface area contributed by atoms with Gasteiger partial charge in [-0.2, -0.15) is 0 Å². The molecule has 0 fully saturated rings. The molecule has 7 nitrogen and oxygen atoms in total. The van der Waals surface area contributed by atoms with E-state index in [2.05, 4.69) is 21.2 Å². The molecule has 0 saturated carbocycles. The minimum absolute atomic E-state index is 0.0548. The van der Waals surface area contributed by atoms with E-state index in [0.29, 0.717) is 10.2 Å². The smallest absolute Gasteiger partial charge is 0.251 e. The van der Waals surface area contributed by atoms with Crippen LogP contribution in [0, 0.1) is 0 Å². The molecule has 0 bridgehead atoms. The lowest BCUT2D eigenvalue weighted by molar-refractivity contribution is -0.116. The number of carbonyl (C=O) groups excluding carboxylic acids is 1. The number of nitrogens with zero attached hydrogens (tertiary/aromatic N) is 2. The molecule has 1 heterocycles. The first-order valence-corrected chi connectivity index (χ1v) is 9.12. The van der Waals surface area contributed by atoms with E-state index in [-0.39, 0.29) is 11.4 Å². The summed E-state index contributed by atoms with van der Waals surface area (Å²) in [5.41, 5.74) is 0.0996.